The number of pyridine rings is 1. The van der Waals surface area contributed by atoms with Gasteiger partial charge in [0.1, 0.15) is 0 Å². The molecule has 1 aromatic rings. The summed E-state index contributed by atoms with van der Waals surface area (Å²) < 4.78 is 5.02. The van der Waals surface area contributed by atoms with Gasteiger partial charge in [0, 0.05) is 12.6 Å². The van der Waals surface area contributed by atoms with Gasteiger partial charge in [-0.05, 0) is 25.5 Å². The third kappa shape index (κ3) is 10.2. The summed E-state index contributed by atoms with van der Waals surface area (Å²) >= 11 is 0. The minimum absolute atomic E-state index is 0.441. The highest BCUT2D eigenvalue weighted by Gasteiger charge is 2.00. The quantitative estimate of drug-likeness (QED) is 0.176. The highest BCUT2D eigenvalue weighted by atomic mass is 16.5. The maximum Gasteiger partial charge on any atom is 0.213 e. The lowest BCUT2D eigenvalue weighted by Gasteiger charge is -2.08. The molecule has 0 spiro atoms. The van der Waals surface area contributed by atoms with Gasteiger partial charge < -0.3 is 15.8 Å². The van der Waals surface area contributed by atoms with Gasteiger partial charge >= 0.3 is 0 Å². The molecule has 0 saturated heterocycles. The van der Waals surface area contributed by atoms with Crippen LogP contribution in [0.5, 0.6) is 5.88 Å². The van der Waals surface area contributed by atoms with Gasteiger partial charge in [0.25, 0.3) is 0 Å². The van der Waals surface area contributed by atoms with Crippen LogP contribution < -0.4 is 21.1 Å². The predicted molar refractivity (Wildman–Crippen MR) is 101 cm³/mol. The summed E-state index contributed by atoms with van der Waals surface area (Å²) in [6.45, 7) is 1.49. The van der Waals surface area contributed by atoms with Gasteiger partial charge in [-0.3, -0.25) is 10.3 Å². The van der Waals surface area contributed by atoms with E-state index in [-0.39, 0.29) is 0 Å². The minimum Gasteiger partial charge on any atom is -0.481 e. The Morgan fingerprint density at radius 2 is 1.84 bits per heavy atom. The zero-order chi connectivity index (χ0) is 18.2. The van der Waals surface area contributed by atoms with Crippen molar-refractivity contribution in [3.63, 3.8) is 0 Å². The Morgan fingerprint density at radius 1 is 1.16 bits per heavy atom. The second kappa shape index (κ2) is 14.1. The molecule has 25 heavy (non-hydrogen) atoms. The third-order valence-corrected chi connectivity index (χ3v) is 3.76. The number of guanidine groups is 1. The second-order valence-electron chi connectivity index (χ2n) is 5.80. The van der Waals surface area contributed by atoms with Crippen molar-refractivity contribution in [2.75, 3.05) is 25.5 Å². The molecular formula is C18H30N6O. The van der Waals surface area contributed by atoms with Gasteiger partial charge in [-0.1, -0.05) is 38.5 Å². The largest absolute Gasteiger partial charge is 0.481 e. The van der Waals surface area contributed by atoms with Crippen molar-refractivity contribution in [1.82, 2.24) is 10.3 Å². The lowest BCUT2D eigenvalue weighted by molar-refractivity contribution is 0.398. The van der Waals surface area contributed by atoms with E-state index in [0.717, 1.165) is 31.5 Å². The van der Waals surface area contributed by atoms with E-state index in [1.54, 1.807) is 19.4 Å². The number of aromatic nitrogens is 1. The average molecular weight is 346 g/mol. The van der Waals surface area contributed by atoms with Crippen molar-refractivity contribution in [3.05, 3.63) is 18.3 Å². The van der Waals surface area contributed by atoms with Crippen LogP contribution >= 0.6 is 0 Å². The Hall–Kier alpha value is -2.33. The molecule has 138 valence electrons. The fraction of sp³-hybridized carbons (Fsp3) is 0.611. The number of nitrogens with one attached hydrogen (secondary N) is 2. The Bertz CT molecular complexity index is 523. The van der Waals surface area contributed by atoms with Crippen LogP contribution in [0.2, 0.25) is 0 Å². The first kappa shape index (κ1) is 20.7. The van der Waals surface area contributed by atoms with E-state index in [1.807, 2.05) is 12.3 Å². The molecule has 0 amide bonds. The first-order valence-corrected chi connectivity index (χ1v) is 8.97. The van der Waals surface area contributed by atoms with Crippen molar-refractivity contribution in [2.24, 2.45) is 10.7 Å². The van der Waals surface area contributed by atoms with Crippen LogP contribution in [0.3, 0.4) is 0 Å². The summed E-state index contributed by atoms with van der Waals surface area (Å²) in [5.74, 6) is 0.983. The van der Waals surface area contributed by atoms with E-state index in [0.29, 0.717) is 18.4 Å². The number of nitriles is 1. The lowest BCUT2D eigenvalue weighted by atomic mass is 10.1. The summed E-state index contributed by atoms with van der Waals surface area (Å²) in [5.41, 5.74) is 6.23. The van der Waals surface area contributed by atoms with Gasteiger partial charge in [0.05, 0.1) is 19.0 Å². The molecule has 0 saturated carbocycles. The van der Waals surface area contributed by atoms with E-state index in [2.05, 4.69) is 20.6 Å². The summed E-state index contributed by atoms with van der Waals surface area (Å²) in [6.07, 6.45) is 13.2. The van der Waals surface area contributed by atoms with Crippen LogP contribution in [0.1, 0.15) is 51.4 Å². The van der Waals surface area contributed by atoms with E-state index in [9.17, 15) is 0 Å². The van der Waals surface area contributed by atoms with Crippen molar-refractivity contribution >= 4 is 11.6 Å². The topological polar surface area (TPSA) is 108 Å². The predicted octanol–water partition coefficient (Wildman–Crippen LogP) is 3.01. The molecule has 0 aliphatic carbocycles. The average Bonchev–Trinajstić information content (AvgIpc) is 2.64. The molecule has 7 nitrogen and oxygen atoms in total. The zero-order valence-electron chi connectivity index (χ0n) is 15.1. The van der Waals surface area contributed by atoms with E-state index in [1.165, 1.54) is 32.1 Å². The van der Waals surface area contributed by atoms with E-state index < -0.39 is 0 Å². The molecule has 0 atom stereocenters. The number of rotatable bonds is 12. The van der Waals surface area contributed by atoms with Crippen LogP contribution in [0.15, 0.2) is 23.3 Å². The molecule has 0 radical (unpaired) electrons. The van der Waals surface area contributed by atoms with Crippen LogP contribution in [0, 0.1) is 11.5 Å². The highest BCUT2D eigenvalue weighted by molar-refractivity contribution is 5.94. The highest BCUT2D eigenvalue weighted by Crippen LogP contribution is 2.11. The smallest absolute Gasteiger partial charge is 0.213 e. The SMILES string of the molecule is COc1ccc(NC(=NCCCCCCCCCCN)NC#N)cn1. The Labute approximate surface area is 150 Å². The molecule has 0 aromatic carbocycles. The molecule has 1 heterocycles. The monoisotopic (exact) mass is 346 g/mol. The van der Waals surface area contributed by atoms with Crippen molar-refractivity contribution in [3.8, 4) is 12.1 Å². The number of unbranched alkanes of at least 4 members (excludes halogenated alkanes) is 7. The molecular weight excluding hydrogens is 316 g/mol. The normalized spacial score (nSPS) is 11.0. The number of anilines is 1. The molecule has 1 rings (SSSR count). The van der Waals surface area contributed by atoms with Gasteiger partial charge in [-0.2, -0.15) is 5.26 Å². The lowest BCUT2D eigenvalue weighted by Crippen LogP contribution is -2.27. The Kier molecular flexibility index (Phi) is 11.6. The van der Waals surface area contributed by atoms with Crippen molar-refractivity contribution in [1.29, 1.82) is 5.26 Å². The molecule has 0 aliphatic heterocycles. The summed E-state index contributed by atoms with van der Waals surface area (Å²) in [5, 5.41) is 14.4. The van der Waals surface area contributed by atoms with Gasteiger partial charge in [-0.25, -0.2) is 4.98 Å². The van der Waals surface area contributed by atoms with Crippen molar-refractivity contribution < 1.29 is 4.74 Å². The summed E-state index contributed by atoms with van der Waals surface area (Å²) in [4.78, 5) is 8.52. The molecule has 4 N–H and O–H groups in total. The number of hydrogen-bond donors (Lipinski definition) is 3. The first-order valence-electron chi connectivity index (χ1n) is 8.97. The summed E-state index contributed by atoms with van der Waals surface area (Å²) in [6, 6.07) is 3.57. The van der Waals surface area contributed by atoms with E-state index >= 15 is 0 Å². The fourth-order valence-corrected chi connectivity index (χ4v) is 2.38. The van der Waals surface area contributed by atoms with Gasteiger partial charge in [-0.15, -0.1) is 0 Å². The number of methoxy groups -OCH3 is 1. The third-order valence-electron chi connectivity index (χ3n) is 3.76. The molecule has 1 aromatic heterocycles. The number of nitrogens with two attached hydrogens (primary N) is 1. The van der Waals surface area contributed by atoms with Crippen LogP contribution in [0.4, 0.5) is 5.69 Å². The number of nitrogens with zero attached hydrogens (tertiary/aromatic N) is 3. The Morgan fingerprint density at radius 3 is 2.40 bits per heavy atom. The fourth-order valence-electron chi connectivity index (χ4n) is 2.38. The minimum atomic E-state index is 0.441. The zero-order valence-corrected chi connectivity index (χ0v) is 15.1. The van der Waals surface area contributed by atoms with Crippen LogP contribution in [0.25, 0.3) is 0 Å². The summed E-state index contributed by atoms with van der Waals surface area (Å²) in [7, 11) is 1.57. The maximum atomic E-state index is 8.83. The van der Waals surface area contributed by atoms with Gasteiger partial charge in [0.2, 0.25) is 11.8 Å². The van der Waals surface area contributed by atoms with E-state index in [4.69, 9.17) is 15.7 Å². The number of aliphatic imine (C=N–C) groups is 1. The molecule has 0 unspecified atom stereocenters. The number of ether oxygens (including phenoxy) is 1. The van der Waals surface area contributed by atoms with Crippen molar-refractivity contribution in [2.45, 2.75) is 51.4 Å². The molecule has 0 aliphatic rings. The van der Waals surface area contributed by atoms with Gasteiger partial charge in [0.15, 0.2) is 6.19 Å². The standard InChI is InChI=1S/C18H30N6O/c1-25-17-11-10-16(14-22-17)24-18(23-15-20)21-13-9-7-5-3-2-4-6-8-12-19/h10-11,14H,2-9,12-13,19H2,1H3,(H2,21,23,24). The molecule has 7 heteroatoms. The molecule has 0 fully saturated rings. The van der Waals surface area contributed by atoms with Crippen LogP contribution in [-0.2, 0) is 0 Å². The molecule has 0 bridgehead atoms. The maximum absolute atomic E-state index is 8.83. The second-order valence-corrected chi connectivity index (χ2v) is 5.80. The Balaban J connectivity index is 2.23. The number of hydrogen-bond acceptors (Lipinski definition) is 5. The first-order chi connectivity index (χ1) is 12.3. The van der Waals surface area contributed by atoms with Crippen LogP contribution in [-0.4, -0.2) is 31.1 Å².